The van der Waals surface area contributed by atoms with E-state index in [9.17, 15) is 5.11 Å². The molecule has 0 fully saturated rings. The molecule has 0 aliphatic rings. The minimum Gasteiger partial charge on any atom is -0.388 e. The van der Waals surface area contributed by atoms with Gasteiger partial charge in [-0.25, -0.2) is 4.98 Å². The van der Waals surface area contributed by atoms with E-state index in [1.165, 1.54) is 0 Å². The fourth-order valence-electron chi connectivity index (χ4n) is 3.44. The van der Waals surface area contributed by atoms with Gasteiger partial charge in [0, 0.05) is 44.2 Å². The highest BCUT2D eigenvalue weighted by Crippen LogP contribution is 2.33. The lowest BCUT2D eigenvalue weighted by Gasteiger charge is -2.12. The summed E-state index contributed by atoms with van der Waals surface area (Å²) >= 11 is 0. The summed E-state index contributed by atoms with van der Waals surface area (Å²) < 4.78 is 5.54. The van der Waals surface area contributed by atoms with Crippen LogP contribution in [0.25, 0.3) is 22.5 Å². The van der Waals surface area contributed by atoms with Crippen molar-refractivity contribution in [2.24, 2.45) is 14.1 Å². The lowest BCUT2D eigenvalue weighted by atomic mass is 10.1. The Kier molecular flexibility index (Phi) is 4.97. The molecular formula is C21H21N7O. The summed E-state index contributed by atoms with van der Waals surface area (Å²) in [6, 6.07) is 9.56. The quantitative estimate of drug-likeness (QED) is 0.547. The predicted octanol–water partition coefficient (Wildman–Crippen LogP) is 2.29. The van der Waals surface area contributed by atoms with E-state index in [-0.39, 0.29) is 6.61 Å². The third-order valence-electron chi connectivity index (χ3n) is 4.84. The maximum Gasteiger partial charge on any atom is 0.135 e. The van der Waals surface area contributed by atoms with E-state index in [1.807, 2.05) is 49.4 Å². The molecule has 0 amide bonds. The van der Waals surface area contributed by atoms with Crippen molar-refractivity contribution in [3.05, 3.63) is 66.0 Å². The molecule has 0 aliphatic heterocycles. The standard InChI is InChI=1S/C21H21N7O/c1-26-12-16(10-23-26)7-8-28-19(14-29)25-20(18-11-24-27(2)13-18)21(28)17-5-3-15(9-22)4-6-17/h3-6,10-13,29H,7-8,14H2,1-2H3. The minimum atomic E-state index is -0.170. The smallest absolute Gasteiger partial charge is 0.135 e. The molecule has 0 unspecified atom stereocenters. The fraction of sp³-hybridized carbons (Fsp3) is 0.238. The SMILES string of the molecule is Cn1cc(CCn2c(CO)nc(-c3cnn(C)c3)c2-c2ccc(C#N)cc2)cn1. The molecule has 0 atom stereocenters. The van der Waals surface area contributed by atoms with E-state index in [2.05, 4.69) is 16.3 Å². The highest BCUT2D eigenvalue weighted by molar-refractivity contribution is 5.78. The van der Waals surface area contributed by atoms with Crippen LogP contribution < -0.4 is 0 Å². The molecule has 3 heterocycles. The van der Waals surface area contributed by atoms with Crippen molar-refractivity contribution in [3.8, 4) is 28.6 Å². The lowest BCUT2D eigenvalue weighted by molar-refractivity contribution is 0.265. The molecule has 1 aromatic carbocycles. The Balaban J connectivity index is 1.82. The Hall–Kier alpha value is -3.70. The number of aryl methyl sites for hydroxylation is 3. The molecule has 29 heavy (non-hydrogen) atoms. The molecule has 8 nitrogen and oxygen atoms in total. The summed E-state index contributed by atoms with van der Waals surface area (Å²) in [4.78, 5) is 4.72. The number of imidazole rings is 1. The summed E-state index contributed by atoms with van der Waals surface area (Å²) in [7, 11) is 3.75. The first-order valence-electron chi connectivity index (χ1n) is 9.26. The molecule has 1 N–H and O–H groups in total. The van der Waals surface area contributed by atoms with Crippen molar-refractivity contribution in [3.63, 3.8) is 0 Å². The van der Waals surface area contributed by atoms with Gasteiger partial charge in [0.15, 0.2) is 0 Å². The van der Waals surface area contributed by atoms with Crippen LogP contribution >= 0.6 is 0 Å². The average Bonchev–Trinajstić information content (AvgIpc) is 3.44. The molecule has 146 valence electrons. The maximum absolute atomic E-state index is 9.98. The molecule has 0 aliphatic carbocycles. The number of hydrogen-bond donors (Lipinski definition) is 1. The van der Waals surface area contributed by atoms with Gasteiger partial charge in [-0.15, -0.1) is 0 Å². The van der Waals surface area contributed by atoms with Crippen molar-refractivity contribution in [1.82, 2.24) is 29.1 Å². The summed E-state index contributed by atoms with van der Waals surface area (Å²) in [5, 5.41) is 27.6. The molecule has 3 aromatic heterocycles. The van der Waals surface area contributed by atoms with Gasteiger partial charge in [-0.05, 0) is 24.1 Å². The lowest BCUT2D eigenvalue weighted by Crippen LogP contribution is -2.08. The van der Waals surface area contributed by atoms with Crippen LogP contribution in [-0.2, 0) is 33.7 Å². The Morgan fingerprint density at radius 1 is 1.00 bits per heavy atom. The Bertz CT molecular complexity index is 1170. The molecular weight excluding hydrogens is 366 g/mol. The summed E-state index contributed by atoms with van der Waals surface area (Å²) in [6.07, 6.45) is 8.26. The Labute approximate surface area is 168 Å². The number of rotatable bonds is 6. The minimum absolute atomic E-state index is 0.170. The van der Waals surface area contributed by atoms with Crippen molar-refractivity contribution in [1.29, 1.82) is 5.26 Å². The number of aliphatic hydroxyl groups excluding tert-OH is 1. The van der Waals surface area contributed by atoms with Gasteiger partial charge >= 0.3 is 0 Å². The van der Waals surface area contributed by atoms with Crippen LogP contribution in [-0.4, -0.2) is 34.2 Å². The average molecular weight is 387 g/mol. The molecule has 0 saturated heterocycles. The molecule has 4 rings (SSSR count). The van der Waals surface area contributed by atoms with Crippen LogP contribution in [0.5, 0.6) is 0 Å². The van der Waals surface area contributed by atoms with Gasteiger partial charge in [0.2, 0.25) is 0 Å². The van der Waals surface area contributed by atoms with Crippen molar-refractivity contribution < 1.29 is 5.11 Å². The van der Waals surface area contributed by atoms with E-state index in [4.69, 9.17) is 10.2 Å². The van der Waals surface area contributed by atoms with E-state index in [0.29, 0.717) is 17.9 Å². The first-order valence-corrected chi connectivity index (χ1v) is 9.26. The largest absolute Gasteiger partial charge is 0.388 e. The van der Waals surface area contributed by atoms with Gasteiger partial charge in [-0.2, -0.15) is 15.5 Å². The molecule has 0 radical (unpaired) electrons. The molecule has 0 saturated carbocycles. The fourth-order valence-corrected chi connectivity index (χ4v) is 3.44. The van der Waals surface area contributed by atoms with Crippen LogP contribution in [0.4, 0.5) is 0 Å². The molecule has 8 heteroatoms. The van der Waals surface area contributed by atoms with Gasteiger partial charge in [-0.1, -0.05) is 12.1 Å². The zero-order chi connectivity index (χ0) is 20.4. The highest BCUT2D eigenvalue weighted by atomic mass is 16.3. The monoisotopic (exact) mass is 387 g/mol. The zero-order valence-electron chi connectivity index (χ0n) is 16.3. The number of aliphatic hydroxyl groups is 1. The van der Waals surface area contributed by atoms with E-state index >= 15 is 0 Å². The van der Waals surface area contributed by atoms with Gasteiger partial charge in [-0.3, -0.25) is 9.36 Å². The number of nitrogens with zero attached hydrogens (tertiary/aromatic N) is 7. The number of nitriles is 1. The number of benzene rings is 1. The van der Waals surface area contributed by atoms with Crippen LogP contribution in [0.3, 0.4) is 0 Å². The molecule has 0 bridgehead atoms. The van der Waals surface area contributed by atoms with E-state index in [0.717, 1.165) is 34.5 Å². The first-order chi connectivity index (χ1) is 14.1. The first kappa shape index (κ1) is 18.7. The summed E-state index contributed by atoms with van der Waals surface area (Å²) in [5.74, 6) is 0.590. The van der Waals surface area contributed by atoms with Crippen LogP contribution in [0.2, 0.25) is 0 Å². The number of hydrogen-bond acceptors (Lipinski definition) is 5. The Morgan fingerprint density at radius 2 is 1.72 bits per heavy atom. The Morgan fingerprint density at radius 3 is 2.31 bits per heavy atom. The van der Waals surface area contributed by atoms with Gasteiger partial charge in [0.1, 0.15) is 12.4 Å². The number of aromatic nitrogens is 6. The van der Waals surface area contributed by atoms with Crippen molar-refractivity contribution in [2.45, 2.75) is 19.6 Å². The highest BCUT2D eigenvalue weighted by Gasteiger charge is 2.20. The second-order valence-corrected chi connectivity index (χ2v) is 6.90. The third kappa shape index (κ3) is 3.68. The second-order valence-electron chi connectivity index (χ2n) is 6.90. The summed E-state index contributed by atoms with van der Waals surface area (Å²) in [5.41, 5.74) is 5.18. The predicted molar refractivity (Wildman–Crippen MR) is 107 cm³/mol. The van der Waals surface area contributed by atoms with Gasteiger partial charge in [0.05, 0.1) is 35.4 Å². The van der Waals surface area contributed by atoms with Gasteiger partial charge in [0.25, 0.3) is 0 Å². The topological polar surface area (TPSA) is 97.5 Å². The van der Waals surface area contributed by atoms with E-state index < -0.39 is 0 Å². The van der Waals surface area contributed by atoms with Gasteiger partial charge < -0.3 is 9.67 Å². The second kappa shape index (κ2) is 7.73. The van der Waals surface area contributed by atoms with Crippen LogP contribution in [0, 0.1) is 11.3 Å². The van der Waals surface area contributed by atoms with Crippen LogP contribution in [0.1, 0.15) is 17.0 Å². The van der Waals surface area contributed by atoms with Crippen molar-refractivity contribution >= 4 is 0 Å². The van der Waals surface area contributed by atoms with Crippen molar-refractivity contribution in [2.75, 3.05) is 0 Å². The van der Waals surface area contributed by atoms with Crippen LogP contribution in [0.15, 0.2) is 49.1 Å². The maximum atomic E-state index is 9.98. The van der Waals surface area contributed by atoms with E-state index in [1.54, 1.807) is 27.7 Å². The molecule has 0 spiro atoms. The summed E-state index contributed by atoms with van der Waals surface area (Å²) in [6.45, 7) is 0.473. The zero-order valence-corrected chi connectivity index (χ0v) is 16.3. The third-order valence-corrected chi connectivity index (χ3v) is 4.84. The molecule has 4 aromatic rings. The normalized spacial score (nSPS) is 11.0.